The van der Waals surface area contributed by atoms with Crippen LogP contribution >= 0.6 is 12.2 Å². The molecule has 1 N–H and O–H groups in total. The fourth-order valence-electron chi connectivity index (χ4n) is 3.23. The topological polar surface area (TPSA) is 44.8 Å². The number of hydrogen-bond donors (Lipinski definition) is 1. The lowest BCUT2D eigenvalue weighted by molar-refractivity contribution is 0.0968. The van der Waals surface area contributed by atoms with Crippen LogP contribution in [-0.2, 0) is 6.54 Å². The molecule has 2 aromatic rings. The van der Waals surface area contributed by atoms with Crippen LogP contribution in [0.15, 0.2) is 54.6 Å². The molecule has 1 aliphatic rings. The highest BCUT2D eigenvalue weighted by Crippen LogP contribution is 2.16. The van der Waals surface area contributed by atoms with E-state index in [1.807, 2.05) is 25.1 Å². The van der Waals surface area contributed by atoms with Gasteiger partial charge in [0.2, 0.25) is 0 Å². The molecule has 0 saturated carbocycles. The van der Waals surface area contributed by atoms with Crippen LogP contribution in [0.1, 0.15) is 36.2 Å². The number of thiocarbonyl (C=S) groups is 1. The standard InChI is InChI=1S/C23H29N3O2S/c1-3-18(2)28-21-11-7-10-20(16-21)22(27)24-23(29)26-14-12-25(13-15-26)17-19-8-5-4-6-9-19/h4-11,16,18H,3,12-15,17H2,1-2H3,(H,24,27,29). The number of rotatable bonds is 6. The van der Waals surface area contributed by atoms with Gasteiger partial charge in [-0.1, -0.05) is 43.3 Å². The van der Waals surface area contributed by atoms with Crippen molar-refractivity contribution in [2.75, 3.05) is 26.2 Å². The van der Waals surface area contributed by atoms with Crippen LogP contribution in [0, 0.1) is 0 Å². The van der Waals surface area contributed by atoms with Crippen molar-refractivity contribution in [3.05, 3.63) is 65.7 Å². The average Bonchev–Trinajstić information content (AvgIpc) is 2.75. The van der Waals surface area contributed by atoms with Gasteiger partial charge < -0.3 is 9.64 Å². The van der Waals surface area contributed by atoms with E-state index in [0.29, 0.717) is 16.4 Å². The van der Waals surface area contributed by atoms with Crippen molar-refractivity contribution >= 4 is 23.2 Å². The molecule has 0 aliphatic carbocycles. The van der Waals surface area contributed by atoms with Gasteiger partial charge in [-0.05, 0) is 49.3 Å². The molecular formula is C23H29N3O2S. The molecule has 1 atom stereocenters. The minimum atomic E-state index is -0.198. The van der Waals surface area contributed by atoms with Gasteiger partial charge >= 0.3 is 0 Å². The quantitative estimate of drug-likeness (QED) is 0.735. The van der Waals surface area contributed by atoms with Gasteiger partial charge in [0.1, 0.15) is 5.75 Å². The summed E-state index contributed by atoms with van der Waals surface area (Å²) in [5, 5.41) is 3.36. The molecule has 29 heavy (non-hydrogen) atoms. The zero-order valence-electron chi connectivity index (χ0n) is 17.1. The number of carbonyl (C=O) groups is 1. The highest BCUT2D eigenvalue weighted by molar-refractivity contribution is 7.80. The molecule has 1 aliphatic heterocycles. The van der Waals surface area contributed by atoms with E-state index in [2.05, 4.69) is 46.3 Å². The molecule has 3 rings (SSSR count). The van der Waals surface area contributed by atoms with Crippen molar-refractivity contribution in [1.29, 1.82) is 0 Å². The number of nitrogens with zero attached hydrogens (tertiary/aromatic N) is 2. The summed E-state index contributed by atoms with van der Waals surface area (Å²) < 4.78 is 5.81. The van der Waals surface area contributed by atoms with Crippen molar-refractivity contribution in [3.8, 4) is 5.75 Å². The van der Waals surface area contributed by atoms with Gasteiger partial charge in [-0.3, -0.25) is 15.0 Å². The van der Waals surface area contributed by atoms with E-state index in [1.54, 1.807) is 12.1 Å². The fraction of sp³-hybridized carbons (Fsp3) is 0.391. The summed E-state index contributed by atoms with van der Waals surface area (Å²) in [6, 6.07) is 17.7. The van der Waals surface area contributed by atoms with Gasteiger partial charge in [-0.25, -0.2) is 0 Å². The third-order valence-corrected chi connectivity index (χ3v) is 5.50. The van der Waals surface area contributed by atoms with Crippen LogP contribution in [0.2, 0.25) is 0 Å². The van der Waals surface area contributed by atoms with E-state index in [0.717, 1.165) is 39.1 Å². The molecule has 1 amide bonds. The monoisotopic (exact) mass is 411 g/mol. The summed E-state index contributed by atoms with van der Waals surface area (Å²) in [6.07, 6.45) is 1.03. The van der Waals surface area contributed by atoms with Crippen LogP contribution in [-0.4, -0.2) is 53.1 Å². The molecule has 0 spiro atoms. The van der Waals surface area contributed by atoms with Crippen LogP contribution in [0.5, 0.6) is 5.75 Å². The molecule has 6 heteroatoms. The molecule has 1 unspecified atom stereocenters. The maximum atomic E-state index is 12.6. The first-order valence-electron chi connectivity index (χ1n) is 10.2. The summed E-state index contributed by atoms with van der Waals surface area (Å²) >= 11 is 5.48. The molecule has 154 valence electrons. The first-order valence-corrected chi connectivity index (χ1v) is 10.6. The SMILES string of the molecule is CCC(C)Oc1cccc(C(=O)NC(=S)N2CCN(Cc3ccccc3)CC2)c1. The van der Waals surface area contributed by atoms with Crippen molar-refractivity contribution in [2.45, 2.75) is 32.9 Å². The Morgan fingerprint density at radius 3 is 2.52 bits per heavy atom. The Kier molecular flexibility index (Phi) is 7.61. The Hall–Kier alpha value is -2.44. The minimum absolute atomic E-state index is 0.113. The van der Waals surface area contributed by atoms with Gasteiger partial charge in [0.15, 0.2) is 5.11 Å². The lowest BCUT2D eigenvalue weighted by atomic mass is 10.2. The summed E-state index contributed by atoms with van der Waals surface area (Å²) in [5.41, 5.74) is 1.87. The van der Waals surface area contributed by atoms with E-state index in [9.17, 15) is 4.79 Å². The third kappa shape index (κ3) is 6.27. The van der Waals surface area contributed by atoms with E-state index in [1.165, 1.54) is 5.56 Å². The highest BCUT2D eigenvalue weighted by Gasteiger charge is 2.20. The second-order valence-electron chi connectivity index (χ2n) is 7.37. The highest BCUT2D eigenvalue weighted by atomic mass is 32.1. The Morgan fingerprint density at radius 1 is 1.10 bits per heavy atom. The van der Waals surface area contributed by atoms with Gasteiger partial charge in [0, 0.05) is 38.3 Å². The zero-order chi connectivity index (χ0) is 20.6. The molecule has 5 nitrogen and oxygen atoms in total. The normalized spacial score (nSPS) is 15.6. The predicted octanol–water partition coefficient (Wildman–Crippen LogP) is 3.70. The number of benzene rings is 2. The van der Waals surface area contributed by atoms with E-state index in [-0.39, 0.29) is 12.0 Å². The van der Waals surface area contributed by atoms with Crippen molar-refractivity contribution < 1.29 is 9.53 Å². The van der Waals surface area contributed by atoms with Crippen LogP contribution in [0.25, 0.3) is 0 Å². The number of piperazine rings is 1. The number of amides is 1. The molecule has 2 aromatic carbocycles. The maximum absolute atomic E-state index is 12.6. The molecule has 0 aromatic heterocycles. The van der Waals surface area contributed by atoms with Gasteiger partial charge in [-0.2, -0.15) is 0 Å². The van der Waals surface area contributed by atoms with E-state index < -0.39 is 0 Å². The number of carbonyl (C=O) groups excluding carboxylic acids is 1. The lowest BCUT2D eigenvalue weighted by Gasteiger charge is -2.36. The van der Waals surface area contributed by atoms with Crippen LogP contribution < -0.4 is 10.1 Å². The first kappa shape index (κ1) is 21.3. The zero-order valence-corrected chi connectivity index (χ0v) is 18.0. The maximum Gasteiger partial charge on any atom is 0.257 e. The summed E-state index contributed by atoms with van der Waals surface area (Å²) in [6.45, 7) is 8.48. The molecular weight excluding hydrogens is 382 g/mol. The summed E-state index contributed by atoms with van der Waals surface area (Å²) in [5.74, 6) is 0.503. The molecule has 1 saturated heterocycles. The number of nitrogens with one attached hydrogen (secondary N) is 1. The van der Waals surface area contributed by atoms with E-state index >= 15 is 0 Å². The largest absolute Gasteiger partial charge is 0.491 e. The fourth-order valence-corrected chi connectivity index (χ4v) is 3.50. The smallest absolute Gasteiger partial charge is 0.257 e. The van der Waals surface area contributed by atoms with Gasteiger partial charge in [0.05, 0.1) is 6.10 Å². The predicted molar refractivity (Wildman–Crippen MR) is 120 cm³/mol. The summed E-state index contributed by atoms with van der Waals surface area (Å²) in [7, 11) is 0. The van der Waals surface area contributed by atoms with Crippen LogP contribution in [0.3, 0.4) is 0 Å². The second-order valence-corrected chi connectivity index (χ2v) is 7.76. The molecule has 0 radical (unpaired) electrons. The van der Waals surface area contributed by atoms with Crippen LogP contribution in [0.4, 0.5) is 0 Å². The Morgan fingerprint density at radius 2 is 1.83 bits per heavy atom. The molecule has 1 heterocycles. The lowest BCUT2D eigenvalue weighted by Crippen LogP contribution is -2.52. The molecule has 0 bridgehead atoms. The van der Waals surface area contributed by atoms with Crippen molar-refractivity contribution in [1.82, 2.24) is 15.1 Å². The minimum Gasteiger partial charge on any atom is -0.491 e. The average molecular weight is 412 g/mol. The van der Waals surface area contributed by atoms with Gasteiger partial charge in [-0.15, -0.1) is 0 Å². The third-order valence-electron chi connectivity index (χ3n) is 5.14. The van der Waals surface area contributed by atoms with Crippen molar-refractivity contribution in [2.24, 2.45) is 0 Å². The molecule has 1 fully saturated rings. The van der Waals surface area contributed by atoms with E-state index in [4.69, 9.17) is 17.0 Å². The van der Waals surface area contributed by atoms with Crippen molar-refractivity contribution in [3.63, 3.8) is 0 Å². The number of hydrogen-bond acceptors (Lipinski definition) is 4. The Balaban J connectivity index is 1.49. The second kappa shape index (κ2) is 10.4. The summed E-state index contributed by atoms with van der Waals surface area (Å²) in [4.78, 5) is 17.1. The Bertz CT molecular complexity index is 820. The van der Waals surface area contributed by atoms with Gasteiger partial charge in [0.25, 0.3) is 5.91 Å². The first-order chi connectivity index (χ1) is 14.0. The number of ether oxygens (including phenoxy) is 1. The Labute approximate surface area is 178 Å².